The molecule has 2 N–H and O–H groups in total. The zero-order valence-electron chi connectivity index (χ0n) is 12.0. The van der Waals surface area contributed by atoms with E-state index in [0.29, 0.717) is 19.5 Å². The molecule has 1 amide bonds. The van der Waals surface area contributed by atoms with E-state index >= 15 is 0 Å². The van der Waals surface area contributed by atoms with Gasteiger partial charge in [-0.1, -0.05) is 18.2 Å². The molecule has 0 spiro atoms. The van der Waals surface area contributed by atoms with Crippen LogP contribution in [0.4, 0.5) is 0 Å². The van der Waals surface area contributed by atoms with Gasteiger partial charge in [0, 0.05) is 42.6 Å². The lowest BCUT2D eigenvalue weighted by Crippen LogP contribution is -2.32. The van der Waals surface area contributed by atoms with Crippen LogP contribution in [0.25, 0.3) is 10.9 Å². The second kappa shape index (κ2) is 6.26. The van der Waals surface area contributed by atoms with E-state index in [4.69, 9.17) is 0 Å². The minimum atomic E-state index is -0.312. The van der Waals surface area contributed by atoms with Gasteiger partial charge in [0.2, 0.25) is 5.91 Å². The predicted octanol–water partition coefficient (Wildman–Crippen LogP) is 1.08. The normalized spacial score (nSPS) is 10.7. The smallest absolute Gasteiger partial charge is 0.347 e. The lowest BCUT2D eigenvalue weighted by molar-refractivity contribution is -0.120. The lowest BCUT2D eigenvalue weighted by Gasteiger charge is -2.06. The van der Waals surface area contributed by atoms with Gasteiger partial charge < -0.3 is 10.3 Å². The molecule has 3 aromatic rings. The Morgan fingerprint density at radius 3 is 3.00 bits per heavy atom. The highest BCUT2D eigenvalue weighted by Crippen LogP contribution is 2.17. The maximum absolute atomic E-state index is 12.0. The number of aromatic amines is 1. The summed E-state index contributed by atoms with van der Waals surface area (Å²) in [5.74, 6) is -0.0679. The molecular formula is C16H16N4O2. The van der Waals surface area contributed by atoms with Gasteiger partial charge in [0.15, 0.2) is 0 Å². The van der Waals surface area contributed by atoms with Crippen molar-refractivity contribution in [2.24, 2.45) is 0 Å². The minimum absolute atomic E-state index is 0.0679. The van der Waals surface area contributed by atoms with Crippen molar-refractivity contribution in [1.29, 1.82) is 0 Å². The quantitative estimate of drug-likeness (QED) is 0.739. The Kier molecular flexibility index (Phi) is 4.00. The first kappa shape index (κ1) is 14.1. The van der Waals surface area contributed by atoms with E-state index < -0.39 is 0 Å². The van der Waals surface area contributed by atoms with E-state index in [0.717, 1.165) is 16.5 Å². The van der Waals surface area contributed by atoms with E-state index in [1.165, 1.54) is 10.8 Å². The Hall–Kier alpha value is -2.89. The first-order valence-corrected chi connectivity index (χ1v) is 7.07. The third-order valence-electron chi connectivity index (χ3n) is 3.48. The first-order chi connectivity index (χ1) is 10.7. The number of amides is 1. The van der Waals surface area contributed by atoms with Crippen LogP contribution in [-0.2, 0) is 17.8 Å². The third kappa shape index (κ3) is 3.06. The van der Waals surface area contributed by atoms with E-state index in [1.807, 2.05) is 30.5 Å². The number of para-hydroxylation sites is 1. The Bertz CT molecular complexity index is 850. The molecular weight excluding hydrogens is 280 g/mol. The molecule has 1 aromatic carbocycles. The molecule has 0 radical (unpaired) electrons. The molecule has 0 fully saturated rings. The van der Waals surface area contributed by atoms with Gasteiger partial charge in [-0.05, 0) is 17.7 Å². The lowest BCUT2D eigenvalue weighted by atomic mass is 10.1. The van der Waals surface area contributed by atoms with Gasteiger partial charge in [0.25, 0.3) is 0 Å². The average Bonchev–Trinajstić information content (AvgIpc) is 2.92. The molecule has 0 saturated heterocycles. The largest absolute Gasteiger partial charge is 0.361 e. The van der Waals surface area contributed by atoms with Crippen LogP contribution in [0.5, 0.6) is 0 Å². The molecule has 22 heavy (non-hydrogen) atoms. The molecule has 2 aromatic heterocycles. The molecule has 0 bridgehead atoms. The van der Waals surface area contributed by atoms with Crippen LogP contribution in [0.2, 0.25) is 0 Å². The second-order valence-corrected chi connectivity index (χ2v) is 4.98. The Morgan fingerprint density at radius 2 is 2.14 bits per heavy atom. The molecule has 3 rings (SSSR count). The molecule has 0 atom stereocenters. The summed E-state index contributed by atoms with van der Waals surface area (Å²) < 4.78 is 1.46. The highest BCUT2D eigenvalue weighted by molar-refractivity contribution is 5.88. The number of carbonyl (C=O) groups excluding carboxylic acids is 1. The number of rotatable bonds is 5. The van der Waals surface area contributed by atoms with E-state index in [2.05, 4.69) is 15.3 Å². The number of aromatic nitrogens is 3. The Labute approximate surface area is 126 Å². The van der Waals surface area contributed by atoms with Gasteiger partial charge in [-0.15, -0.1) is 0 Å². The van der Waals surface area contributed by atoms with Gasteiger partial charge in [0.05, 0.1) is 6.42 Å². The molecule has 0 unspecified atom stereocenters. The summed E-state index contributed by atoms with van der Waals surface area (Å²) in [5.41, 5.74) is 1.67. The number of fused-ring (bicyclic) bond motifs is 1. The van der Waals surface area contributed by atoms with Gasteiger partial charge in [-0.25, -0.2) is 9.78 Å². The van der Waals surface area contributed by atoms with Crippen molar-refractivity contribution in [3.63, 3.8) is 0 Å². The summed E-state index contributed by atoms with van der Waals surface area (Å²) in [5, 5.41) is 3.88. The standard InChI is InChI=1S/C16H16N4O2/c21-15(17-7-9-20-8-3-6-18-16(20)22)10-12-11-19-14-5-2-1-4-13(12)14/h1-6,8,11,19H,7,9-10H2,(H,17,21). The monoisotopic (exact) mass is 296 g/mol. The van der Waals surface area contributed by atoms with Crippen LogP contribution in [0, 0.1) is 0 Å². The SMILES string of the molecule is O=C(Cc1c[nH]c2ccccc12)NCCn1cccnc1=O. The number of carbonyl (C=O) groups is 1. The summed E-state index contributed by atoms with van der Waals surface area (Å²) in [6.45, 7) is 0.805. The molecule has 6 heteroatoms. The Balaban J connectivity index is 1.57. The minimum Gasteiger partial charge on any atom is -0.361 e. The maximum atomic E-state index is 12.0. The number of nitrogens with zero attached hydrogens (tertiary/aromatic N) is 2. The average molecular weight is 296 g/mol. The molecule has 6 nitrogen and oxygen atoms in total. The van der Waals surface area contributed by atoms with Gasteiger partial charge in [-0.3, -0.25) is 9.36 Å². The van der Waals surface area contributed by atoms with Crippen LogP contribution in [0.3, 0.4) is 0 Å². The zero-order valence-corrected chi connectivity index (χ0v) is 12.0. The Morgan fingerprint density at radius 1 is 1.27 bits per heavy atom. The van der Waals surface area contributed by atoms with Crippen molar-refractivity contribution >= 4 is 16.8 Å². The molecule has 0 aliphatic heterocycles. The molecule has 0 aliphatic rings. The van der Waals surface area contributed by atoms with Crippen LogP contribution in [-0.4, -0.2) is 27.0 Å². The predicted molar refractivity (Wildman–Crippen MR) is 83.5 cm³/mol. The fraction of sp³-hybridized carbons (Fsp3) is 0.188. The molecule has 2 heterocycles. The topological polar surface area (TPSA) is 79.8 Å². The summed E-state index contributed by atoms with van der Waals surface area (Å²) >= 11 is 0. The fourth-order valence-corrected chi connectivity index (χ4v) is 2.39. The van der Waals surface area contributed by atoms with Crippen LogP contribution in [0.15, 0.2) is 53.7 Å². The van der Waals surface area contributed by atoms with Crippen molar-refractivity contribution in [3.8, 4) is 0 Å². The summed E-state index contributed by atoms with van der Waals surface area (Å²) in [4.78, 5) is 30.2. The number of hydrogen-bond acceptors (Lipinski definition) is 3. The number of H-pyrrole nitrogens is 1. The summed E-state index contributed by atoms with van der Waals surface area (Å²) in [6, 6.07) is 9.56. The third-order valence-corrected chi connectivity index (χ3v) is 3.48. The summed E-state index contributed by atoms with van der Waals surface area (Å²) in [6.07, 6.45) is 5.28. The zero-order chi connectivity index (χ0) is 15.4. The van der Waals surface area contributed by atoms with Crippen molar-refractivity contribution < 1.29 is 4.79 Å². The number of hydrogen-bond donors (Lipinski definition) is 2. The van der Waals surface area contributed by atoms with Crippen LogP contribution < -0.4 is 11.0 Å². The highest BCUT2D eigenvalue weighted by Gasteiger charge is 2.08. The highest BCUT2D eigenvalue weighted by atomic mass is 16.2. The van der Waals surface area contributed by atoms with Crippen LogP contribution in [0.1, 0.15) is 5.56 Å². The van der Waals surface area contributed by atoms with Crippen molar-refractivity contribution in [3.05, 3.63) is 65.0 Å². The van der Waals surface area contributed by atoms with Crippen LogP contribution >= 0.6 is 0 Å². The first-order valence-electron chi connectivity index (χ1n) is 7.07. The van der Waals surface area contributed by atoms with Gasteiger partial charge in [0.1, 0.15) is 0 Å². The van der Waals surface area contributed by atoms with Crippen molar-refractivity contribution in [2.75, 3.05) is 6.54 Å². The molecule has 112 valence electrons. The second-order valence-electron chi connectivity index (χ2n) is 4.98. The number of benzene rings is 1. The van der Waals surface area contributed by atoms with Gasteiger partial charge in [-0.2, -0.15) is 0 Å². The summed E-state index contributed by atoms with van der Waals surface area (Å²) in [7, 11) is 0. The van der Waals surface area contributed by atoms with E-state index in [1.54, 1.807) is 12.3 Å². The van der Waals surface area contributed by atoms with Crippen molar-refractivity contribution in [1.82, 2.24) is 19.9 Å². The fourth-order valence-electron chi connectivity index (χ4n) is 2.39. The molecule has 0 aliphatic carbocycles. The van der Waals surface area contributed by atoms with Crippen molar-refractivity contribution in [2.45, 2.75) is 13.0 Å². The van der Waals surface area contributed by atoms with E-state index in [-0.39, 0.29) is 11.6 Å². The maximum Gasteiger partial charge on any atom is 0.347 e. The van der Waals surface area contributed by atoms with Gasteiger partial charge >= 0.3 is 5.69 Å². The number of nitrogens with one attached hydrogen (secondary N) is 2. The van der Waals surface area contributed by atoms with E-state index in [9.17, 15) is 9.59 Å². The molecule has 0 saturated carbocycles.